The van der Waals surface area contributed by atoms with Crippen LogP contribution in [0.3, 0.4) is 0 Å². The average Bonchev–Trinajstić information content (AvgIpc) is 2.56. The summed E-state index contributed by atoms with van der Waals surface area (Å²) in [7, 11) is 1.79. The molecule has 1 aromatic rings. The van der Waals surface area contributed by atoms with Gasteiger partial charge < -0.3 is 10.1 Å². The lowest BCUT2D eigenvalue weighted by atomic mass is 9.89. The zero-order valence-corrected chi connectivity index (χ0v) is 10.1. The van der Waals surface area contributed by atoms with Crippen molar-refractivity contribution in [1.82, 2.24) is 10.3 Å². The van der Waals surface area contributed by atoms with Crippen molar-refractivity contribution < 1.29 is 4.74 Å². The first-order valence-corrected chi connectivity index (χ1v) is 6.32. The van der Waals surface area contributed by atoms with Gasteiger partial charge in [-0.2, -0.15) is 0 Å². The Morgan fingerprint density at radius 3 is 3.00 bits per heavy atom. The highest BCUT2D eigenvalue weighted by Crippen LogP contribution is 2.22. The molecule has 0 aromatic carbocycles. The minimum absolute atomic E-state index is 0.493. The largest absolute Gasteiger partial charge is 0.381 e. The van der Waals surface area contributed by atoms with Crippen LogP contribution in [0.4, 0.5) is 0 Å². The van der Waals surface area contributed by atoms with Gasteiger partial charge in [0.05, 0.1) is 17.3 Å². The Hall–Kier alpha value is -0.450. The standard InChI is InChI=1S/C11H18N2OS/c1-8-11(15-7-13-8)3-4-12-9-5-10(6-9)14-2/h7,9-10,12H,3-6H2,1-2H3. The second kappa shape index (κ2) is 5.05. The van der Waals surface area contributed by atoms with Gasteiger partial charge in [-0.1, -0.05) is 0 Å². The Morgan fingerprint density at radius 1 is 1.60 bits per heavy atom. The number of hydrogen-bond donors (Lipinski definition) is 1. The van der Waals surface area contributed by atoms with Crippen molar-refractivity contribution in [2.45, 2.75) is 38.3 Å². The Kier molecular flexibility index (Phi) is 3.72. The van der Waals surface area contributed by atoms with Crippen molar-refractivity contribution in [3.8, 4) is 0 Å². The van der Waals surface area contributed by atoms with Gasteiger partial charge in [0, 0.05) is 24.6 Å². The Labute approximate surface area is 94.9 Å². The van der Waals surface area contributed by atoms with Gasteiger partial charge in [0.2, 0.25) is 0 Å². The number of aromatic nitrogens is 1. The van der Waals surface area contributed by atoms with E-state index in [0.29, 0.717) is 12.1 Å². The summed E-state index contributed by atoms with van der Waals surface area (Å²) in [5.74, 6) is 0. The van der Waals surface area contributed by atoms with Crippen LogP contribution >= 0.6 is 11.3 Å². The molecule has 3 nitrogen and oxygen atoms in total. The fourth-order valence-electron chi connectivity index (χ4n) is 1.88. The summed E-state index contributed by atoms with van der Waals surface area (Å²) in [6.45, 7) is 3.14. The third-order valence-corrected chi connectivity index (χ3v) is 4.05. The molecule has 1 aromatic heterocycles. The minimum Gasteiger partial charge on any atom is -0.381 e. The molecule has 0 unspecified atom stereocenters. The van der Waals surface area contributed by atoms with Crippen LogP contribution in [0.15, 0.2) is 5.51 Å². The molecule has 0 saturated heterocycles. The molecular formula is C11H18N2OS. The molecule has 4 heteroatoms. The zero-order chi connectivity index (χ0) is 10.7. The molecular weight excluding hydrogens is 208 g/mol. The minimum atomic E-state index is 0.493. The highest BCUT2D eigenvalue weighted by atomic mass is 32.1. The molecule has 0 radical (unpaired) electrons. The first kappa shape index (κ1) is 11.0. The summed E-state index contributed by atoms with van der Waals surface area (Å²) in [5.41, 5.74) is 3.11. The maximum Gasteiger partial charge on any atom is 0.0797 e. The van der Waals surface area contributed by atoms with Crippen LogP contribution in [0.2, 0.25) is 0 Å². The van der Waals surface area contributed by atoms with Crippen molar-refractivity contribution in [1.29, 1.82) is 0 Å². The fourth-order valence-corrected chi connectivity index (χ4v) is 2.66. The number of thiazole rings is 1. The normalized spacial score (nSPS) is 25.2. The van der Waals surface area contributed by atoms with E-state index in [4.69, 9.17) is 4.74 Å². The van der Waals surface area contributed by atoms with E-state index in [1.54, 1.807) is 18.4 Å². The summed E-state index contributed by atoms with van der Waals surface area (Å²) in [6.07, 6.45) is 3.92. The molecule has 1 fully saturated rings. The number of rotatable bonds is 5. The van der Waals surface area contributed by atoms with Crippen molar-refractivity contribution in [2.75, 3.05) is 13.7 Å². The molecule has 0 aliphatic heterocycles. The summed E-state index contributed by atoms with van der Waals surface area (Å²) < 4.78 is 5.24. The van der Waals surface area contributed by atoms with Gasteiger partial charge in [-0.05, 0) is 26.2 Å². The lowest BCUT2D eigenvalue weighted by molar-refractivity contribution is 0.0177. The van der Waals surface area contributed by atoms with Crippen LogP contribution in [0, 0.1) is 6.92 Å². The van der Waals surface area contributed by atoms with Crippen LogP contribution in [-0.2, 0) is 11.2 Å². The van der Waals surface area contributed by atoms with Gasteiger partial charge in [0.25, 0.3) is 0 Å². The molecule has 0 atom stereocenters. The van der Waals surface area contributed by atoms with E-state index in [2.05, 4.69) is 17.2 Å². The van der Waals surface area contributed by atoms with E-state index in [0.717, 1.165) is 25.8 Å². The quantitative estimate of drug-likeness (QED) is 0.830. The lowest BCUT2D eigenvalue weighted by Crippen LogP contribution is -2.45. The van der Waals surface area contributed by atoms with Crippen LogP contribution in [0.5, 0.6) is 0 Å². The highest BCUT2D eigenvalue weighted by molar-refractivity contribution is 7.09. The van der Waals surface area contributed by atoms with Crippen LogP contribution in [0.25, 0.3) is 0 Å². The average molecular weight is 226 g/mol. The van der Waals surface area contributed by atoms with Gasteiger partial charge in [-0.15, -0.1) is 11.3 Å². The second-order valence-corrected chi connectivity index (χ2v) is 5.03. The van der Waals surface area contributed by atoms with Gasteiger partial charge in [0.1, 0.15) is 0 Å². The summed E-state index contributed by atoms with van der Waals surface area (Å²) >= 11 is 1.76. The summed E-state index contributed by atoms with van der Waals surface area (Å²) in [4.78, 5) is 5.65. The maximum atomic E-state index is 5.24. The Bertz CT molecular complexity index is 307. The van der Waals surface area contributed by atoms with Crippen LogP contribution in [-0.4, -0.2) is 30.8 Å². The number of methoxy groups -OCH3 is 1. The summed E-state index contributed by atoms with van der Waals surface area (Å²) in [5, 5.41) is 3.55. The Balaban J connectivity index is 1.62. The third-order valence-electron chi connectivity index (χ3n) is 3.06. The topological polar surface area (TPSA) is 34.1 Å². The summed E-state index contributed by atoms with van der Waals surface area (Å²) in [6, 6.07) is 0.670. The third kappa shape index (κ3) is 2.77. The number of nitrogens with zero attached hydrogens (tertiary/aromatic N) is 1. The molecule has 1 saturated carbocycles. The predicted octanol–water partition coefficient (Wildman–Crippen LogP) is 1.76. The number of hydrogen-bond acceptors (Lipinski definition) is 4. The molecule has 2 rings (SSSR count). The highest BCUT2D eigenvalue weighted by Gasteiger charge is 2.27. The molecule has 1 aliphatic carbocycles. The smallest absolute Gasteiger partial charge is 0.0797 e. The molecule has 84 valence electrons. The molecule has 0 amide bonds. The van der Waals surface area contributed by atoms with E-state index < -0.39 is 0 Å². The first-order chi connectivity index (χ1) is 7.29. The van der Waals surface area contributed by atoms with Crippen LogP contribution < -0.4 is 5.32 Å². The molecule has 1 aliphatic rings. The van der Waals surface area contributed by atoms with Gasteiger partial charge in [-0.25, -0.2) is 4.98 Å². The van der Waals surface area contributed by atoms with E-state index in [-0.39, 0.29) is 0 Å². The number of aryl methyl sites for hydroxylation is 1. The molecule has 1 N–H and O–H groups in total. The maximum absolute atomic E-state index is 5.24. The van der Waals surface area contributed by atoms with Crippen molar-refractivity contribution in [3.63, 3.8) is 0 Å². The SMILES string of the molecule is COC1CC(NCCc2scnc2C)C1. The van der Waals surface area contributed by atoms with E-state index in [1.807, 2.05) is 5.51 Å². The molecule has 1 heterocycles. The second-order valence-electron chi connectivity index (χ2n) is 4.09. The van der Waals surface area contributed by atoms with E-state index >= 15 is 0 Å². The fraction of sp³-hybridized carbons (Fsp3) is 0.727. The Morgan fingerprint density at radius 2 is 2.40 bits per heavy atom. The molecule has 15 heavy (non-hydrogen) atoms. The van der Waals surface area contributed by atoms with E-state index in [1.165, 1.54) is 10.6 Å². The van der Waals surface area contributed by atoms with Crippen molar-refractivity contribution in [3.05, 3.63) is 16.1 Å². The number of nitrogens with one attached hydrogen (secondary N) is 1. The monoisotopic (exact) mass is 226 g/mol. The van der Waals surface area contributed by atoms with E-state index in [9.17, 15) is 0 Å². The molecule has 0 spiro atoms. The first-order valence-electron chi connectivity index (χ1n) is 5.44. The van der Waals surface area contributed by atoms with Crippen LogP contribution in [0.1, 0.15) is 23.4 Å². The van der Waals surface area contributed by atoms with Crippen molar-refractivity contribution in [2.24, 2.45) is 0 Å². The predicted molar refractivity (Wildman–Crippen MR) is 62.4 cm³/mol. The van der Waals surface area contributed by atoms with Gasteiger partial charge in [0.15, 0.2) is 0 Å². The number of ether oxygens (including phenoxy) is 1. The van der Waals surface area contributed by atoms with Gasteiger partial charge >= 0.3 is 0 Å². The lowest BCUT2D eigenvalue weighted by Gasteiger charge is -2.34. The zero-order valence-electron chi connectivity index (χ0n) is 9.32. The van der Waals surface area contributed by atoms with Gasteiger partial charge in [-0.3, -0.25) is 0 Å². The van der Waals surface area contributed by atoms with Crippen molar-refractivity contribution >= 4 is 11.3 Å². The molecule has 0 bridgehead atoms.